The highest BCUT2D eigenvalue weighted by molar-refractivity contribution is 5.90. The third-order valence-corrected chi connectivity index (χ3v) is 5.48. The zero-order valence-corrected chi connectivity index (χ0v) is 15.0. The van der Waals surface area contributed by atoms with E-state index >= 15 is 0 Å². The van der Waals surface area contributed by atoms with Crippen LogP contribution in [0.25, 0.3) is 11.1 Å². The molecule has 3 nitrogen and oxygen atoms in total. The number of benzene rings is 3. The molecule has 0 bridgehead atoms. The van der Waals surface area contributed by atoms with Gasteiger partial charge in [0.25, 0.3) is 0 Å². The quantitative estimate of drug-likeness (QED) is 0.697. The number of amides is 1. The van der Waals surface area contributed by atoms with Crippen LogP contribution in [-0.4, -0.2) is 11.0 Å². The maximum absolute atomic E-state index is 13.9. The number of halogens is 2. The summed E-state index contributed by atoms with van der Waals surface area (Å²) < 4.78 is 27.0. The number of hydrogen-bond donors (Lipinski definition) is 2. The summed E-state index contributed by atoms with van der Waals surface area (Å²) in [6, 6.07) is 17.9. The normalized spacial score (nSPS) is 15.8. The van der Waals surface area contributed by atoms with Crippen molar-refractivity contribution in [2.24, 2.45) is 5.73 Å². The summed E-state index contributed by atoms with van der Waals surface area (Å²) in [5, 5.41) is 10.4. The van der Waals surface area contributed by atoms with Gasteiger partial charge in [-0.3, -0.25) is 4.79 Å². The summed E-state index contributed by atoms with van der Waals surface area (Å²) in [7, 11) is 0. The van der Waals surface area contributed by atoms with Crippen LogP contribution in [0.2, 0.25) is 0 Å². The second-order valence-electron chi connectivity index (χ2n) is 7.21. The zero-order valence-electron chi connectivity index (χ0n) is 15.0. The summed E-state index contributed by atoms with van der Waals surface area (Å²) in [6.07, 6.45) is 0.393. The van der Waals surface area contributed by atoms with Crippen molar-refractivity contribution in [2.75, 3.05) is 0 Å². The molecular weight excluding hydrogens is 360 g/mol. The average Bonchev–Trinajstić information content (AvgIpc) is 3.50. The number of aliphatic hydroxyl groups excluding tert-OH is 1. The maximum Gasteiger partial charge on any atom is 0.228 e. The van der Waals surface area contributed by atoms with Crippen LogP contribution in [-0.2, 0) is 10.2 Å². The molecule has 0 spiro atoms. The summed E-state index contributed by atoms with van der Waals surface area (Å²) in [5.74, 6) is -1.75. The van der Waals surface area contributed by atoms with E-state index in [0.29, 0.717) is 5.56 Å². The second-order valence-corrected chi connectivity index (χ2v) is 7.21. The van der Waals surface area contributed by atoms with Gasteiger partial charge >= 0.3 is 0 Å². The predicted molar refractivity (Wildman–Crippen MR) is 102 cm³/mol. The Morgan fingerprint density at radius 3 is 2.00 bits per heavy atom. The van der Waals surface area contributed by atoms with Crippen LogP contribution < -0.4 is 5.73 Å². The van der Waals surface area contributed by atoms with E-state index in [-0.39, 0.29) is 11.5 Å². The molecular formula is C23H19F2NO2. The van der Waals surface area contributed by atoms with E-state index in [1.165, 1.54) is 6.07 Å². The Balaban J connectivity index is 1.55. The minimum Gasteiger partial charge on any atom is -0.384 e. The van der Waals surface area contributed by atoms with E-state index in [1.807, 2.05) is 36.4 Å². The van der Waals surface area contributed by atoms with Crippen molar-refractivity contribution in [3.8, 4) is 11.1 Å². The van der Waals surface area contributed by atoms with Crippen molar-refractivity contribution in [1.29, 1.82) is 0 Å². The molecule has 1 atom stereocenters. The third kappa shape index (κ3) is 3.18. The van der Waals surface area contributed by atoms with Gasteiger partial charge in [0.15, 0.2) is 0 Å². The van der Waals surface area contributed by atoms with E-state index < -0.39 is 23.2 Å². The topological polar surface area (TPSA) is 63.3 Å². The summed E-state index contributed by atoms with van der Waals surface area (Å²) in [5.41, 5.74) is 8.36. The fourth-order valence-corrected chi connectivity index (χ4v) is 3.54. The van der Waals surface area contributed by atoms with Gasteiger partial charge in [-0.05, 0) is 41.2 Å². The van der Waals surface area contributed by atoms with Gasteiger partial charge in [-0.1, -0.05) is 54.6 Å². The first-order valence-corrected chi connectivity index (χ1v) is 9.04. The Kier molecular flexibility index (Phi) is 4.47. The average molecular weight is 379 g/mol. The molecule has 1 unspecified atom stereocenters. The molecule has 1 amide bonds. The molecule has 5 heteroatoms. The first kappa shape index (κ1) is 18.3. The van der Waals surface area contributed by atoms with Gasteiger partial charge in [0, 0.05) is 11.6 Å². The SMILES string of the molecule is NC(=O)C1(c2ccc(-c3ccc(C(O)c4ccc(F)cc4F)cc3)cc2)CC1. The number of aliphatic hydroxyl groups is 1. The Morgan fingerprint density at radius 1 is 0.929 bits per heavy atom. The monoisotopic (exact) mass is 379 g/mol. The lowest BCUT2D eigenvalue weighted by Crippen LogP contribution is -2.28. The standard InChI is InChI=1S/C23H19F2NO2/c24-18-9-10-19(20(25)13-18)21(27)16-3-1-14(2-4-16)15-5-7-17(8-6-15)23(11-12-23)22(26)28/h1-10,13,21,27H,11-12H2,(H2,26,28). The van der Waals surface area contributed by atoms with Crippen LogP contribution in [0.5, 0.6) is 0 Å². The number of nitrogens with two attached hydrogens (primary N) is 1. The minimum atomic E-state index is -1.18. The van der Waals surface area contributed by atoms with Crippen molar-refractivity contribution >= 4 is 5.91 Å². The van der Waals surface area contributed by atoms with Crippen LogP contribution in [0.3, 0.4) is 0 Å². The highest BCUT2D eigenvalue weighted by atomic mass is 19.1. The van der Waals surface area contributed by atoms with Crippen molar-refractivity contribution < 1.29 is 18.7 Å². The zero-order chi connectivity index (χ0) is 19.9. The van der Waals surface area contributed by atoms with Gasteiger partial charge in [0.2, 0.25) is 5.91 Å². The number of rotatable bonds is 5. The van der Waals surface area contributed by atoms with E-state index in [9.17, 15) is 18.7 Å². The van der Waals surface area contributed by atoms with Crippen molar-refractivity contribution in [1.82, 2.24) is 0 Å². The second kappa shape index (κ2) is 6.84. The molecule has 28 heavy (non-hydrogen) atoms. The molecule has 142 valence electrons. The molecule has 0 aromatic heterocycles. The molecule has 1 saturated carbocycles. The highest BCUT2D eigenvalue weighted by Gasteiger charge is 2.49. The molecule has 3 N–H and O–H groups in total. The van der Waals surface area contributed by atoms with Gasteiger partial charge < -0.3 is 10.8 Å². The molecule has 3 aromatic rings. The largest absolute Gasteiger partial charge is 0.384 e. The number of carbonyl (C=O) groups is 1. The van der Waals surface area contributed by atoms with E-state index in [0.717, 1.165) is 41.7 Å². The van der Waals surface area contributed by atoms with Crippen LogP contribution in [0.15, 0.2) is 66.7 Å². The summed E-state index contributed by atoms with van der Waals surface area (Å²) in [6.45, 7) is 0. The lowest BCUT2D eigenvalue weighted by Gasteiger charge is -2.14. The number of carbonyl (C=O) groups excluding carboxylic acids is 1. The molecule has 0 heterocycles. The van der Waals surface area contributed by atoms with E-state index in [2.05, 4.69) is 0 Å². The molecule has 0 saturated heterocycles. The third-order valence-electron chi connectivity index (χ3n) is 5.48. The first-order chi connectivity index (χ1) is 13.4. The molecule has 1 aliphatic carbocycles. The van der Waals surface area contributed by atoms with Gasteiger partial charge in [-0.15, -0.1) is 0 Å². The Labute approximate surface area is 161 Å². The van der Waals surface area contributed by atoms with Crippen molar-refractivity contribution in [3.05, 3.63) is 95.1 Å². The van der Waals surface area contributed by atoms with Crippen LogP contribution in [0.1, 0.15) is 35.6 Å². The Morgan fingerprint density at radius 2 is 1.50 bits per heavy atom. The lowest BCUT2D eigenvalue weighted by atomic mass is 9.92. The molecule has 1 fully saturated rings. The Bertz CT molecular complexity index is 1030. The fourth-order valence-electron chi connectivity index (χ4n) is 3.54. The number of hydrogen-bond acceptors (Lipinski definition) is 2. The molecule has 3 aromatic carbocycles. The smallest absolute Gasteiger partial charge is 0.228 e. The molecule has 4 rings (SSSR count). The van der Waals surface area contributed by atoms with Gasteiger partial charge in [-0.25, -0.2) is 8.78 Å². The van der Waals surface area contributed by atoms with E-state index in [1.54, 1.807) is 12.1 Å². The minimum absolute atomic E-state index is 0.0275. The molecule has 0 radical (unpaired) electrons. The van der Waals surface area contributed by atoms with Crippen molar-refractivity contribution in [2.45, 2.75) is 24.4 Å². The Hall–Kier alpha value is -3.05. The van der Waals surface area contributed by atoms with Crippen LogP contribution >= 0.6 is 0 Å². The molecule has 1 aliphatic rings. The van der Waals surface area contributed by atoms with Crippen LogP contribution in [0, 0.1) is 11.6 Å². The van der Waals surface area contributed by atoms with E-state index in [4.69, 9.17) is 5.73 Å². The van der Waals surface area contributed by atoms with Gasteiger partial charge in [0.1, 0.15) is 17.7 Å². The highest BCUT2D eigenvalue weighted by Crippen LogP contribution is 2.48. The summed E-state index contributed by atoms with van der Waals surface area (Å²) >= 11 is 0. The van der Waals surface area contributed by atoms with Crippen LogP contribution in [0.4, 0.5) is 8.78 Å². The fraction of sp³-hybridized carbons (Fsp3) is 0.174. The molecule has 0 aliphatic heterocycles. The van der Waals surface area contributed by atoms with Gasteiger partial charge in [-0.2, -0.15) is 0 Å². The summed E-state index contributed by atoms with van der Waals surface area (Å²) in [4.78, 5) is 11.7. The first-order valence-electron chi connectivity index (χ1n) is 9.04. The lowest BCUT2D eigenvalue weighted by molar-refractivity contribution is -0.120. The van der Waals surface area contributed by atoms with Gasteiger partial charge in [0.05, 0.1) is 5.41 Å². The maximum atomic E-state index is 13.9. The predicted octanol–water partition coefficient (Wildman–Crippen LogP) is 4.23. The van der Waals surface area contributed by atoms with Crippen molar-refractivity contribution in [3.63, 3.8) is 0 Å². The number of primary amides is 1.